The molecule has 9 nitrogen and oxygen atoms in total. The van der Waals surface area contributed by atoms with Gasteiger partial charge in [-0.25, -0.2) is 15.0 Å². The zero-order valence-corrected chi connectivity index (χ0v) is 38.7. The molecule has 0 N–H and O–H groups in total. The van der Waals surface area contributed by atoms with E-state index in [1.807, 2.05) is 146 Å². The number of imidazole rings is 3. The average Bonchev–Trinajstić information content (AvgIpc) is 4.15. The van der Waals surface area contributed by atoms with E-state index in [1.165, 1.54) is 0 Å². The normalized spacial score (nSPS) is 11.3. The van der Waals surface area contributed by atoms with Crippen molar-refractivity contribution in [3.63, 3.8) is 0 Å². The van der Waals surface area contributed by atoms with Crippen LogP contribution in [0.3, 0.4) is 0 Å². The molecule has 0 aliphatic carbocycles. The first-order chi connectivity index (χ1) is 35.6. The predicted molar refractivity (Wildman–Crippen MR) is 286 cm³/mol. The smallest absolute Gasteiger partial charge is 0.145 e. The van der Waals surface area contributed by atoms with Crippen LogP contribution in [0, 0.1) is 0 Å². The molecule has 3 heterocycles. The fraction of sp³-hybridized carbons (Fsp3) is 0. The summed E-state index contributed by atoms with van der Waals surface area (Å²) < 4.78 is 25.4. The summed E-state index contributed by atoms with van der Waals surface area (Å²) >= 11 is 0. The van der Waals surface area contributed by atoms with Gasteiger partial charge in [0, 0.05) is 33.8 Å². The molecule has 0 aliphatic heterocycles. The maximum absolute atomic E-state index is 6.24. The van der Waals surface area contributed by atoms with Crippen LogP contribution in [-0.4, -0.2) is 28.7 Å². The van der Waals surface area contributed by atoms with Crippen molar-refractivity contribution in [1.82, 2.24) is 28.7 Å². The first kappa shape index (κ1) is 42.1. The minimum atomic E-state index is 0.734. The van der Waals surface area contributed by atoms with E-state index in [0.29, 0.717) is 0 Å². The van der Waals surface area contributed by atoms with Gasteiger partial charge in [-0.3, -0.25) is 13.7 Å². The Morgan fingerprint density at radius 2 is 0.472 bits per heavy atom. The van der Waals surface area contributed by atoms with E-state index < -0.39 is 0 Å². The molecule has 0 unspecified atom stereocenters. The van der Waals surface area contributed by atoms with Crippen LogP contribution >= 0.6 is 0 Å². The zero-order valence-electron chi connectivity index (χ0n) is 38.7. The van der Waals surface area contributed by atoms with Crippen molar-refractivity contribution in [3.8, 4) is 85.7 Å². The maximum atomic E-state index is 6.24. The van der Waals surface area contributed by atoms with Gasteiger partial charge < -0.3 is 14.2 Å². The van der Waals surface area contributed by atoms with Crippen molar-refractivity contribution in [2.75, 3.05) is 0 Å². The summed E-state index contributed by atoms with van der Waals surface area (Å²) in [5.74, 6) is 6.78. The number of rotatable bonds is 12. The summed E-state index contributed by atoms with van der Waals surface area (Å²) in [6, 6.07) is 85.3. The lowest BCUT2D eigenvalue weighted by Gasteiger charge is -2.16. The highest BCUT2D eigenvalue weighted by Crippen LogP contribution is 2.40. The van der Waals surface area contributed by atoms with Gasteiger partial charge in [-0.2, -0.15) is 0 Å². The zero-order chi connectivity index (χ0) is 47.8. The third-order valence-corrected chi connectivity index (χ3v) is 12.6. The first-order valence-electron chi connectivity index (χ1n) is 23.7. The Balaban J connectivity index is 1.01. The molecule has 0 bridgehead atoms. The maximum Gasteiger partial charge on any atom is 0.145 e. The number of para-hydroxylation sites is 9. The Morgan fingerprint density at radius 1 is 0.236 bits per heavy atom. The summed E-state index contributed by atoms with van der Waals surface area (Å²) in [7, 11) is 0. The highest BCUT2D eigenvalue weighted by Gasteiger charge is 2.23. The fourth-order valence-corrected chi connectivity index (χ4v) is 9.32. The minimum absolute atomic E-state index is 0.734. The number of aromatic nitrogens is 6. The van der Waals surface area contributed by atoms with Crippen molar-refractivity contribution in [1.29, 1.82) is 0 Å². The van der Waals surface area contributed by atoms with E-state index >= 15 is 0 Å². The summed E-state index contributed by atoms with van der Waals surface area (Å²) in [6.07, 6.45) is 0. The predicted octanol–water partition coefficient (Wildman–Crippen LogP) is 16.1. The minimum Gasteiger partial charge on any atom is -0.457 e. The van der Waals surface area contributed by atoms with Gasteiger partial charge in [0.15, 0.2) is 0 Å². The lowest BCUT2D eigenvalue weighted by molar-refractivity contribution is 0.482. The standard InChI is InChI=1S/C63H42N6O3/c1-4-16-49(17-5-1)70-52-34-28-46(29-35-52)67-58-25-13-10-22-55(58)64-61(67)43-40-44(62-65-56-23-11-14-26-59(56)68(62)47-30-36-53(37-31-47)71-50-18-6-2-7-19-50)42-45(41-43)63-66-57-24-12-15-27-60(57)69(63)48-32-38-54(39-33-48)72-51-20-8-3-9-21-51/h1-42H. The van der Waals surface area contributed by atoms with Gasteiger partial charge in [-0.1, -0.05) is 91.0 Å². The molecule has 0 fully saturated rings. The third-order valence-electron chi connectivity index (χ3n) is 12.6. The van der Waals surface area contributed by atoms with Crippen molar-refractivity contribution < 1.29 is 14.2 Å². The molecule has 0 saturated carbocycles. The lowest BCUT2D eigenvalue weighted by Crippen LogP contribution is -2.02. The molecule has 72 heavy (non-hydrogen) atoms. The van der Waals surface area contributed by atoms with Gasteiger partial charge in [-0.15, -0.1) is 0 Å². The Kier molecular flexibility index (Phi) is 10.6. The Hall–Kier alpha value is -9.99. The molecule has 0 amide bonds. The van der Waals surface area contributed by atoms with Crippen LogP contribution in [0.15, 0.2) is 255 Å². The van der Waals surface area contributed by atoms with E-state index in [0.717, 1.165) is 119 Å². The molecular formula is C63H42N6O3. The number of fused-ring (bicyclic) bond motifs is 3. The number of benzene rings is 10. The molecule has 0 radical (unpaired) electrons. The van der Waals surface area contributed by atoms with E-state index in [4.69, 9.17) is 29.2 Å². The van der Waals surface area contributed by atoms with E-state index in [2.05, 4.69) is 123 Å². The molecule has 3 aromatic heterocycles. The van der Waals surface area contributed by atoms with Crippen LogP contribution in [0.2, 0.25) is 0 Å². The van der Waals surface area contributed by atoms with Crippen molar-refractivity contribution in [2.24, 2.45) is 0 Å². The molecule has 0 aliphatic rings. The first-order valence-corrected chi connectivity index (χ1v) is 23.7. The topological polar surface area (TPSA) is 81.2 Å². The summed E-state index contributed by atoms with van der Waals surface area (Å²) in [6.45, 7) is 0. The van der Waals surface area contributed by atoms with Crippen LogP contribution in [0.5, 0.6) is 34.5 Å². The quantitative estimate of drug-likeness (QED) is 0.121. The molecule has 9 heteroatoms. The van der Waals surface area contributed by atoms with E-state index in [-0.39, 0.29) is 0 Å². The van der Waals surface area contributed by atoms with Crippen LogP contribution in [0.1, 0.15) is 0 Å². The number of hydrogen-bond acceptors (Lipinski definition) is 6. The van der Waals surface area contributed by atoms with Crippen molar-refractivity contribution in [2.45, 2.75) is 0 Å². The van der Waals surface area contributed by atoms with E-state index in [9.17, 15) is 0 Å². The Morgan fingerprint density at radius 3 is 0.750 bits per heavy atom. The van der Waals surface area contributed by atoms with Gasteiger partial charge in [-0.05, 0) is 164 Å². The second-order valence-electron chi connectivity index (χ2n) is 17.3. The summed E-state index contributed by atoms with van der Waals surface area (Å²) in [5, 5.41) is 0. The Labute approximate surface area is 414 Å². The SMILES string of the molecule is c1ccc(Oc2ccc(-n3c(-c4cc(-c5nc6ccccc6n5-c5ccc(Oc6ccccc6)cc5)cc(-c5nc6ccccc6n5-c5ccc(Oc6ccccc6)cc5)c4)nc4ccccc43)cc2)cc1. The van der Waals surface area contributed by atoms with Gasteiger partial charge in [0.2, 0.25) is 0 Å². The monoisotopic (exact) mass is 930 g/mol. The lowest BCUT2D eigenvalue weighted by atomic mass is 10.0. The molecule has 13 rings (SSSR count). The summed E-state index contributed by atoms with van der Waals surface area (Å²) in [5.41, 5.74) is 10.9. The second-order valence-corrected chi connectivity index (χ2v) is 17.3. The molecule has 0 atom stereocenters. The fourth-order valence-electron chi connectivity index (χ4n) is 9.32. The molecule has 0 spiro atoms. The number of nitrogens with zero attached hydrogens (tertiary/aromatic N) is 6. The summed E-state index contributed by atoms with van der Waals surface area (Å²) in [4.78, 5) is 16.2. The van der Waals surface area contributed by atoms with Gasteiger partial charge >= 0.3 is 0 Å². The molecule has 342 valence electrons. The third kappa shape index (κ3) is 8.06. The molecular weight excluding hydrogens is 889 g/mol. The highest BCUT2D eigenvalue weighted by atomic mass is 16.5. The molecule has 0 saturated heterocycles. The average molecular weight is 931 g/mol. The largest absolute Gasteiger partial charge is 0.457 e. The highest BCUT2D eigenvalue weighted by molar-refractivity contribution is 5.90. The molecule has 13 aromatic rings. The van der Waals surface area contributed by atoms with Gasteiger partial charge in [0.05, 0.1) is 33.1 Å². The number of ether oxygens (including phenoxy) is 3. The van der Waals surface area contributed by atoms with Crippen LogP contribution < -0.4 is 14.2 Å². The van der Waals surface area contributed by atoms with Gasteiger partial charge in [0.1, 0.15) is 52.0 Å². The number of hydrogen-bond donors (Lipinski definition) is 0. The van der Waals surface area contributed by atoms with Crippen molar-refractivity contribution in [3.05, 3.63) is 255 Å². The van der Waals surface area contributed by atoms with Crippen molar-refractivity contribution >= 4 is 33.1 Å². The van der Waals surface area contributed by atoms with Crippen LogP contribution in [-0.2, 0) is 0 Å². The molecule has 10 aromatic carbocycles. The Bertz CT molecular complexity index is 3600. The van der Waals surface area contributed by atoms with E-state index in [1.54, 1.807) is 0 Å². The van der Waals surface area contributed by atoms with Gasteiger partial charge in [0.25, 0.3) is 0 Å². The second kappa shape index (κ2) is 18.2. The van der Waals surface area contributed by atoms with Crippen LogP contribution in [0.25, 0.3) is 84.3 Å². The van der Waals surface area contributed by atoms with Crippen LogP contribution in [0.4, 0.5) is 0 Å².